The van der Waals surface area contributed by atoms with Crippen LogP contribution in [0.5, 0.6) is 11.5 Å². The number of ether oxygens (including phenoxy) is 11. The molecule has 0 fully saturated rings. The summed E-state index contributed by atoms with van der Waals surface area (Å²) in [6.45, 7) is 19.3. The summed E-state index contributed by atoms with van der Waals surface area (Å²) in [4.78, 5) is 159. The van der Waals surface area contributed by atoms with Gasteiger partial charge in [0.1, 0.15) is 48.9 Å². The molecule has 4 unspecified atom stereocenters. The Morgan fingerprint density at radius 2 is 0.565 bits per heavy atom. The van der Waals surface area contributed by atoms with Gasteiger partial charge in [0.15, 0.2) is 5.78 Å². The Balaban J connectivity index is 1.96. The Bertz CT molecular complexity index is 2850. The summed E-state index contributed by atoms with van der Waals surface area (Å²) in [7, 11) is 0. The Kier molecular flexibility index (Phi) is 54.5. The number of esters is 9. The fourth-order valence-corrected chi connectivity index (χ4v) is 9.79. The highest BCUT2D eigenvalue weighted by Gasteiger charge is 2.28. The van der Waals surface area contributed by atoms with E-state index in [4.69, 9.17) is 52.1 Å². The van der Waals surface area contributed by atoms with E-state index in [0.717, 1.165) is 51.4 Å². The summed E-state index contributed by atoms with van der Waals surface area (Å²) < 4.78 is 59.3. The molecule has 0 spiro atoms. The maximum atomic E-state index is 13.4. The smallest absolute Gasteiger partial charge is 0.412 e. The number of benzene rings is 2. The van der Waals surface area contributed by atoms with Gasteiger partial charge in [0, 0.05) is 76.6 Å². The number of nitrogens with one attached hydrogen (secondary N) is 6. The highest BCUT2D eigenvalue weighted by Crippen LogP contribution is 2.19. The topological polar surface area (TPSA) is 385 Å². The first-order valence-corrected chi connectivity index (χ1v) is 38.7. The Hall–Kier alpha value is -8.36. The molecule has 0 aliphatic heterocycles. The minimum absolute atomic E-state index is 0.0372. The van der Waals surface area contributed by atoms with E-state index in [2.05, 4.69) is 31.9 Å². The van der Waals surface area contributed by atoms with E-state index in [1.165, 1.54) is 48.5 Å². The molecule has 4 atom stereocenters. The molecule has 610 valence electrons. The fraction of sp³-hybridized carbons (Fsp3) is 0.688. The first kappa shape index (κ1) is 95.7. The predicted molar refractivity (Wildman–Crippen MR) is 401 cm³/mol. The van der Waals surface area contributed by atoms with Crippen molar-refractivity contribution in [2.24, 2.45) is 0 Å². The lowest BCUT2D eigenvalue weighted by atomic mass is 10.0. The van der Waals surface area contributed by atoms with Crippen LogP contribution in [0, 0.1) is 0 Å². The lowest BCUT2D eigenvalue weighted by Crippen LogP contribution is -2.47. The van der Waals surface area contributed by atoms with Crippen LogP contribution < -0.4 is 41.4 Å². The number of nitrogens with zero attached hydrogens (tertiary/aromatic N) is 2. The van der Waals surface area contributed by atoms with Gasteiger partial charge in [-0.05, 0) is 99.9 Å². The Morgan fingerprint density at radius 1 is 0.306 bits per heavy atom. The first-order valence-electron chi connectivity index (χ1n) is 38.7. The van der Waals surface area contributed by atoms with Crippen LogP contribution >= 0.6 is 0 Å². The number of carbonyl (C=O) groups excluding carboxylic acids is 12. The summed E-state index contributed by atoms with van der Waals surface area (Å²) in [6.07, 6.45) is 8.45. The SMILES string of the molecule is CCCCOC(=O)CC(NCCN(CCNC(CC)C(=O)OCCCC)CCC(=O)OCCNC(=O)Oc1ccc(C(=O)c2ccc(OC(=O)NCCOC(=O)CCN(CCNC(CC(=O)OCCCC)C(=O)OCCCC)CCNC(CC(=O)OCCCC)C(=O)OCCCC)cc2)cc1)C(=O)OCCCC. The number of hydrogen-bond acceptors (Lipinski definition) is 29. The summed E-state index contributed by atoms with van der Waals surface area (Å²) in [5.41, 5.74) is 0.515. The summed E-state index contributed by atoms with van der Waals surface area (Å²) in [6, 6.07) is 8.06. The number of ketones is 1. The number of amides is 2. The van der Waals surface area contributed by atoms with Gasteiger partial charge < -0.3 is 93.8 Å². The van der Waals surface area contributed by atoms with Crippen molar-refractivity contribution in [2.75, 3.05) is 138 Å². The maximum Gasteiger partial charge on any atom is 0.412 e. The van der Waals surface area contributed by atoms with Crippen molar-refractivity contribution in [3.63, 3.8) is 0 Å². The average Bonchev–Trinajstić information content (AvgIpc) is 0.843. The minimum atomic E-state index is -1.00. The third-order valence-electron chi connectivity index (χ3n) is 16.4. The van der Waals surface area contributed by atoms with E-state index >= 15 is 0 Å². The standard InChI is InChI=1S/C77H124N8O23/c1-9-17-46-98-68(88)55-63(73(93)104-50-21-13-5)79-35-43-84(42-34-78-62(16-8)72(92)103-49-20-12-4)40-32-66(86)101-53-38-82-76(96)107-60-28-24-58(25-29-60)71(91)59-26-30-61(31-27-59)108-77(97)83-39-54-102-67(87)33-41-85(44-36-80-64(74(94)105-51-22-14-6)56-69(89)99-47-18-10-2)45-37-81-65(75(95)106-52-23-15-7)57-70(90)100-48-19-11-3/h24-31,62-65,78-81H,9-23,32-57H2,1-8H3,(H,82,96)(H,83,97). The number of rotatable bonds is 64. The number of hydrogen-bond donors (Lipinski definition) is 6. The maximum absolute atomic E-state index is 13.4. The predicted octanol–water partition coefficient (Wildman–Crippen LogP) is 7.38. The summed E-state index contributed by atoms with van der Waals surface area (Å²) in [5, 5.41) is 17.6. The normalized spacial score (nSPS) is 12.2. The van der Waals surface area contributed by atoms with E-state index in [-0.39, 0.29) is 178 Å². The largest absolute Gasteiger partial charge is 0.466 e. The van der Waals surface area contributed by atoms with Gasteiger partial charge in [0.2, 0.25) is 0 Å². The van der Waals surface area contributed by atoms with Crippen LogP contribution in [0.25, 0.3) is 0 Å². The average molecular weight is 1530 g/mol. The van der Waals surface area contributed by atoms with Crippen molar-refractivity contribution in [2.45, 2.75) is 208 Å². The van der Waals surface area contributed by atoms with Crippen LogP contribution in [-0.4, -0.2) is 244 Å². The second-order valence-electron chi connectivity index (χ2n) is 25.5. The van der Waals surface area contributed by atoms with E-state index in [9.17, 15) is 57.5 Å². The van der Waals surface area contributed by atoms with Gasteiger partial charge >= 0.3 is 65.9 Å². The van der Waals surface area contributed by atoms with Crippen LogP contribution in [0.4, 0.5) is 9.59 Å². The molecule has 0 saturated carbocycles. The van der Waals surface area contributed by atoms with Gasteiger partial charge in [0.25, 0.3) is 0 Å². The van der Waals surface area contributed by atoms with E-state index in [1.54, 1.807) is 0 Å². The zero-order valence-electron chi connectivity index (χ0n) is 65.2. The van der Waals surface area contributed by atoms with Crippen LogP contribution in [-0.2, 0) is 85.8 Å². The molecule has 0 aliphatic rings. The summed E-state index contributed by atoms with van der Waals surface area (Å²) >= 11 is 0. The molecule has 0 heterocycles. The quantitative estimate of drug-likeness (QED) is 0.0163. The van der Waals surface area contributed by atoms with Gasteiger partial charge in [-0.3, -0.25) is 47.9 Å². The second kappa shape index (κ2) is 61.5. The molecule has 0 saturated heterocycles. The Morgan fingerprint density at radius 3 is 0.843 bits per heavy atom. The zero-order valence-corrected chi connectivity index (χ0v) is 65.2. The van der Waals surface area contributed by atoms with Crippen molar-refractivity contribution >= 4 is 71.7 Å². The molecule has 108 heavy (non-hydrogen) atoms. The fourth-order valence-electron chi connectivity index (χ4n) is 9.79. The van der Waals surface area contributed by atoms with Gasteiger partial charge in [-0.25, -0.2) is 9.59 Å². The lowest BCUT2D eigenvalue weighted by molar-refractivity contribution is -0.153. The van der Waals surface area contributed by atoms with Gasteiger partial charge in [-0.1, -0.05) is 100 Å². The van der Waals surface area contributed by atoms with E-state index in [1.807, 2.05) is 65.2 Å². The van der Waals surface area contributed by atoms with Crippen molar-refractivity contribution in [1.82, 2.24) is 41.7 Å². The molecule has 0 radical (unpaired) electrons. The molecule has 0 bridgehead atoms. The molecule has 2 aromatic carbocycles. The third-order valence-corrected chi connectivity index (χ3v) is 16.4. The van der Waals surface area contributed by atoms with Crippen LogP contribution in [0.15, 0.2) is 48.5 Å². The number of unbranched alkanes of at least 4 members (excludes halogenated alkanes) is 7. The van der Waals surface area contributed by atoms with E-state index < -0.39 is 84.1 Å². The second-order valence-corrected chi connectivity index (χ2v) is 25.5. The van der Waals surface area contributed by atoms with Crippen molar-refractivity contribution in [3.8, 4) is 11.5 Å². The molecular formula is C77H124N8O23. The van der Waals surface area contributed by atoms with Crippen molar-refractivity contribution in [3.05, 3.63) is 59.7 Å². The van der Waals surface area contributed by atoms with Gasteiger partial charge in [-0.15, -0.1) is 0 Å². The molecule has 2 amide bonds. The molecule has 6 N–H and O–H groups in total. The molecule has 31 nitrogen and oxygen atoms in total. The molecule has 2 aromatic rings. The molecule has 0 aliphatic carbocycles. The highest BCUT2D eigenvalue weighted by atomic mass is 16.6. The van der Waals surface area contributed by atoms with E-state index in [0.29, 0.717) is 71.2 Å². The van der Waals surface area contributed by atoms with Gasteiger partial charge in [-0.2, -0.15) is 0 Å². The van der Waals surface area contributed by atoms with Gasteiger partial charge in [0.05, 0.1) is 91.4 Å². The van der Waals surface area contributed by atoms with Crippen molar-refractivity contribution in [1.29, 1.82) is 0 Å². The van der Waals surface area contributed by atoms with Crippen LogP contribution in [0.3, 0.4) is 0 Å². The zero-order chi connectivity index (χ0) is 79.4. The molecule has 31 heteroatoms. The summed E-state index contributed by atoms with van der Waals surface area (Å²) in [5.74, 6) is -5.06. The van der Waals surface area contributed by atoms with Crippen LogP contribution in [0.1, 0.15) is 200 Å². The Labute approximate surface area is 637 Å². The molecular weight excluding hydrogens is 1400 g/mol. The number of carbonyl (C=O) groups is 12. The van der Waals surface area contributed by atoms with Crippen molar-refractivity contribution < 1.29 is 110 Å². The highest BCUT2D eigenvalue weighted by molar-refractivity contribution is 6.09. The lowest BCUT2D eigenvalue weighted by Gasteiger charge is -2.25. The minimum Gasteiger partial charge on any atom is -0.466 e. The monoisotopic (exact) mass is 1530 g/mol. The molecule has 0 aromatic heterocycles. The van der Waals surface area contributed by atoms with Crippen LogP contribution in [0.2, 0.25) is 0 Å². The third kappa shape index (κ3) is 46.1. The molecule has 2 rings (SSSR count). The first-order chi connectivity index (χ1) is 52.2.